The largest absolute Gasteiger partial charge is 0.493 e. The summed E-state index contributed by atoms with van der Waals surface area (Å²) in [6, 6.07) is 6.57. The molecule has 0 saturated heterocycles. The van der Waals surface area contributed by atoms with Crippen molar-refractivity contribution < 1.29 is 4.74 Å². The lowest BCUT2D eigenvalue weighted by atomic mass is 9.88. The van der Waals surface area contributed by atoms with Crippen LogP contribution >= 0.6 is 0 Å². The summed E-state index contributed by atoms with van der Waals surface area (Å²) >= 11 is 0. The molecule has 0 bridgehead atoms. The van der Waals surface area contributed by atoms with Gasteiger partial charge in [0, 0.05) is 11.6 Å². The molecule has 1 aliphatic heterocycles. The number of likely N-dealkylation sites (N-methyl/N-ethyl adjacent to an activating group) is 1. The van der Waals surface area contributed by atoms with Crippen LogP contribution in [0, 0.1) is 0 Å². The van der Waals surface area contributed by atoms with Crippen LogP contribution in [-0.4, -0.2) is 19.2 Å². The lowest BCUT2D eigenvalue weighted by Crippen LogP contribution is -2.45. The monoisotopic (exact) mass is 234 g/mol. The molecule has 2 rings (SSSR count). The van der Waals surface area contributed by atoms with Gasteiger partial charge >= 0.3 is 0 Å². The van der Waals surface area contributed by atoms with Crippen molar-refractivity contribution in [1.29, 1.82) is 0 Å². The molecular weight excluding hydrogens is 212 g/mol. The zero-order valence-electron chi connectivity index (χ0n) is 10.9. The van der Waals surface area contributed by atoms with Crippen LogP contribution in [0.3, 0.4) is 0 Å². The highest BCUT2D eigenvalue weighted by Crippen LogP contribution is 2.30. The summed E-state index contributed by atoms with van der Waals surface area (Å²) in [7, 11) is 1.95. The minimum absolute atomic E-state index is 0.162. The first kappa shape index (κ1) is 12.4. The average molecular weight is 234 g/mol. The second kappa shape index (κ2) is 4.67. The van der Waals surface area contributed by atoms with Gasteiger partial charge < -0.3 is 15.8 Å². The molecule has 0 aromatic heterocycles. The zero-order valence-corrected chi connectivity index (χ0v) is 10.9. The van der Waals surface area contributed by atoms with Crippen molar-refractivity contribution in [2.45, 2.75) is 38.3 Å². The number of hydrogen-bond acceptors (Lipinski definition) is 3. The van der Waals surface area contributed by atoms with E-state index in [-0.39, 0.29) is 11.6 Å². The predicted molar refractivity (Wildman–Crippen MR) is 70.3 cm³/mol. The third-order valence-corrected chi connectivity index (χ3v) is 3.30. The van der Waals surface area contributed by atoms with E-state index in [0.717, 1.165) is 25.2 Å². The van der Waals surface area contributed by atoms with E-state index in [9.17, 15) is 0 Å². The van der Waals surface area contributed by atoms with Gasteiger partial charge in [-0.1, -0.05) is 12.1 Å². The van der Waals surface area contributed by atoms with Crippen molar-refractivity contribution in [3.8, 4) is 5.75 Å². The second-order valence-corrected chi connectivity index (χ2v) is 5.36. The molecule has 1 heterocycles. The molecule has 3 heteroatoms. The van der Waals surface area contributed by atoms with E-state index < -0.39 is 0 Å². The van der Waals surface area contributed by atoms with Crippen LogP contribution in [0.25, 0.3) is 0 Å². The molecule has 0 saturated carbocycles. The van der Waals surface area contributed by atoms with Crippen molar-refractivity contribution in [3.63, 3.8) is 0 Å². The lowest BCUT2D eigenvalue weighted by molar-refractivity contribution is 0.287. The van der Waals surface area contributed by atoms with E-state index in [2.05, 4.69) is 23.5 Å². The summed E-state index contributed by atoms with van der Waals surface area (Å²) in [6.45, 7) is 4.93. The molecule has 0 spiro atoms. The molecule has 94 valence electrons. The van der Waals surface area contributed by atoms with Gasteiger partial charge in [0.25, 0.3) is 0 Å². The molecule has 0 fully saturated rings. The Balaban J connectivity index is 2.32. The Labute approximate surface area is 103 Å². The molecule has 17 heavy (non-hydrogen) atoms. The molecular formula is C14H22N2O. The third kappa shape index (κ3) is 2.61. The molecule has 0 amide bonds. The predicted octanol–water partition coefficient (Wildman–Crippen LogP) is 2.01. The Hall–Kier alpha value is -1.06. The molecule has 1 atom stereocenters. The van der Waals surface area contributed by atoms with Crippen LogP contribution < -0.4 is 15.8 Å². The summed E-state index contributed by atoms with van der Waals surface area (Å²) < 4.78 is 5.63. The standard InChI is InChI=1S/C14H22N2O/c1-14(2,15)13(16-3)11-6-7-12-10(9-11)5-4-8-17-12/h6-7,9,13,16H,4-5,8,15H2,1-3H3. The van der Waals surface area contributed by atoms with Crippen LogP contribution in [0.15, 0.2) is 18.2 Å². The van der Waals surface area contributed by atoms with E-state index in [1.165, 1.54) is 11.1 Å². The van der Waals surface area contributed by atoms with E-state index in [0.29, 0.717) is 0 Å². The summed E-state index contributed by atoms with van der Waals surface area (Å²) in [5.74, 6) is 1.03. The highest BCUT2D eigenvalue weighted by Gasteiger charge is 2.26. The maximum absolute atomic E-state index is 6.20. The second-order valence-electron chi connectivity index (χ2n) is 5.36. The zero-order chi connectivity index (χ0) is 12.5. The van der Waals surface area contributed by atoms with Gasteiger partial charge in [-0.2, -0.15) is 0 Å². The number of aryl methyl sites for hydroxylation is 1. The van der Waals surface area contributed by atoms with Crippen molar-refractivity contribution in [2.24, 2.45) is 5.73 Å². The first-order chi connectivity index (χ1) is 8.02. The van der Waals surface area contributed by atoms with E-state index in [1.807, 2.05) is 20.9 Å². The maximum Gasteiger partial charge on any atom is 0.122 e. The molecule has 1 aromatic carbocycles. The van der Waals surface area contributed by atoms with Crippen molar-refractivity contribution in [1.82, 2.24) is 5.32 Å². The summed E-state index contributed by atoms with van der Waals surface area (Å²) in [4.78, 5) is 0. The van der Waals surface area contributed by atoms with Crippen LogP contribution in [0.4, 0.5) is 0 Å². The van der Waals surface area contributed by atoms with Gasteiger partial charge in [-0.3, -0.25) is 0 Å². The van der Waals surface area contributed by atoms with Crippen LogP contribution in [0.2, 0.25) is 0 Å². The number of fused-ring (bicyclic) bond motifs is 1. The lowest BCUT2D eigenvalue weighted by Gasteiger charge is -2.31. The number of rotatable bonds is 3. The van der Waals surface area contributed by atoms with Gasteiger partial charge in [0.2, 0.25) is 0 Å². The number of benzene rings is 1. The normalized spacial score (nSPS) is 17.2. The van der Waals surface area contributed by atoms with E-state index >= 15 is 0 Å². The fraction of sp³-hybridized carbons (Fsp3) is 0.571. The summed E-state index contributed by atoms with van der Waals surface area (Å²) in [6.07, 6.45) is 2.21. The minimum Gasteiger partial charge on any atom is -0.493 e. The van der Waals surface area contributed by atoms with E-state index in [4.69, 9.17) is 10.5 Å². The Kier molecular flexibility index (Phi) is 3.40. The smallest absolute Gasteiger partial charge is 0.122 e. The summed E-state index contributed by atoms with van der Waals surface area (Å²) in [5, 5.41) is 3.30. The Morgan fingerprint density at radius 1 is 1.41 bits per heavy atom. The minimum atomic E-state index is -0.279. The average Bonchev–Trinajstić information content (AvgIpc) is 2.28. The first-order valence-electron chi connectivity index (χ1n) is 6.24. The third-order valence-electron chi connectivity index (χ3n) is 3.30. The molecule has 3 nitrogen and oxygen atoms in total. The van der Waals surface area contributed by atoms with Gasteiger partial charge in [-0.15, -0.1) is 0 Å². The molecule has 1 unspecified atom stereocenters. The highest BCUT2D eigenvalue weighted by molar-refractivity contribution is 5.40. The number of nitrogens with one attached hydrogen (secondary N) is 1. The van der Waals surface area contributed by atoms with Crippen molar-refractivity contribution in [3.05, 3.63) is 29.3 Å². The van der Waals surface area contributed by atoms with Gasteiger partial charge in [0.1, 0.15) is 5.75 Å². The van der Waals surface area contributed by atoms with Gasteiger partial charge in [0.05, 0.1) is 6.61 Å². The summed E-state index contributed by atoms with van der Waals surface area (Å²) in [5.41, 5.74) is 8.47. The molecule has 0 aliphatic carbocycles. The Morgan fingerprint density at radius 2 is 2.18 bits per heavy atom. The highest BCUT2D eigenvalue weighted by atomic mass is 16.5. The van der Waals surface area contributed by atoms with E-state index in [1.54, 1.807) is 0 Å². The molecule has 3 N–H and O–H groups in total. The Bertz CT molecular complexity index is 396. The fourth-order valence-corrected chi connectivity index (χ4v) is 2.53. The van der Waals surface area contributed by atoms with Crippen LogP contribution in [0.1, 0.15) is 37.4 Å². The Morgan fingerprint density at radius 3 is 2.82 bits per heavy atom. The quantitative estimate of drug-likeness (QED) is 0.841. The number of ether oxygens (including phenoxy) is 1. The van der Waals surface area contributed by atoms with Crippen LogP contribution in [-0.2, 0) is 6.42 Å². The SMILES string of the molecule is CNC(c1ccc2c(c1)CCCO2)C(C)(C)N. The van der Waals surface area contributed by atoms with Gasteiger partial charge in [-0.25, -0.2) is 0 Å². The molecule has 0 radical (unpaired) electrons. The van der Waals surface area contributed by atoms with Crippen molar-refractivity contribution >= 4 is 0 Å². The topological polar surface area (TPSA) is 47.3 Å². The van der Waals surface area contributed by atoms with Crippen LogP contribution in [0.5, 0.6) is 5.75 Å². The number of nitrogens with two attached hydrogens (primary N) is 1. The molecule has 1 aromatic rings. The first-order valence-corrected chi connectivity index (χ1v) is 6.24. The van der Waals surface area contributed by atoms with Gasteiger partial charge in [-0.05, 0) is 50.9 Å². The molecule has 1 aliphatic rings. The van der Waals surface area contributed by atoms with Gasteiger partial charge in [0.15, 0.2) is 0 Å². The fourth-order valence-electron chi connectivity index (χ4n) is 2.53. The maximum atomic E-state index is 6.20. The number of hydrogen-bond donors (Lipinski definition) is 2. The van der Waals surface area contributed by atoms with Crippen molar-refractivity contribution in [2.75, 3.05) is 13.7 Å².